The van der Waals surface area contributed by atoms with Gasteiger partial charge in [-0.25, -0.2) is 4.68 Å². The molecule has 4 rings (SSSR count). The Bertz CT molecular complexity index is 1000. The van der Waals surface area contributed by atoms with Gasteiger partial charge in [0.15, 0.2) is 6.10 Å². The van der Waals surface area contributed by atoms with Gasteiger partial charge in [-0.2, -0.15) is 5.10 Å². The molecule has 7 nitrogen and oxygen atoms in total. The second kappa shape index (κ2) is 7.56. The van der Waals surface area contributed by atoms with Crippen LogP contribution >= 0.6 is 0 Å². The van der Waals surface area contributed by atoms with Crippen molar-refractivity contribution in [3.63, 3.8) is 0 Å². The number of para-hydroxylation sites is 3. The highest BCUT2D eigenvalue weighted by atomic mass is 16.5. The van der Waals surface area contributed by atoms with Crippen LogP contribution in [0, 0.1) is 0 Å². The summed E-state index contributed by atoms with van der Waals surface area (Å²) in [5.41, 5.74) is 2.50. The number of nitrogens with zero attached hydrogens (tertiary/aromatic N) is 3. The van der Waals surface area contributed by atoms with Gasteiger partial charge in [-0.15, -0.1) is 0 Å². The first kappa shape index (κ1) is 17.8. The number of hydrogen-bond acceptors (Lipinski definition) is 4. The van der Waals surface area contributed by atoms with Gasteiger partial charge in [0.05, 0.1) is 24.1 Å². The maximum absolute atomic E-state index is 12.6. The van der Waals surface area contributed by atoms with E-state index in [2.05, 4.69) is 10.4 Å². The molecule has 0 bridgehead atoms. The number of nitrogens with one attached hydrogen (secondary N) is 1. The number of carbonyl (C=O) groups is 2. The molecular formula is C21H20N4O3. The minimum Gasteiger partial charge on any atom is -0.477 e. The number of ether oxygens (including phenoxy) is 1. The molecule has 1 aliphatic rings. The Labute approximate surface area is 162 Å². The van der Waals surface area contributed by atoms with Crippen LogP contribution in [-0.2, 0) is 16.1 Å². The number of carbonyl (C=O) groups excluding carboxylic acids is 2. The third-order valence-electron chi connectivity index (χ3n) is 4.57. The molecule has 0 aliphatic carbocycles. The van der Waals surface area contributed by atoms with Crippen LogP contribution in [0.3, 0.4) is 0 Å². The van der Waals surface area contributed by atoms with E-state index in [1.54, 1.807) is 21.8 Å². The van der Waals surface area contributed by atoms with Crippen molar-refractivity contribution in [3.05, 3.63) is 72.6 Å². The van der Waals surface area contributed by atoms with E-state index in [4.69, 9.17) is 4.74 Å². The highest BCUT2D eigenvalue weighted by Crippen LogP contribution is 2.33. The van der Waals surface area contributed by atoms with Crippen LogP contribution < -0.4 is 15.0 Å². The fraction of sp³-hybridized carbons (Fsp3) is 0.190. The fourth-order valence-corrected chi connectivity index (χ4v) is 3.15. The van der Waals surface area contributed by atoms with Crippen molar-refractivity contribution in [2.45, 2.75) is 19.6 Å². The lowest BCUT2D eigenvalue weighted by molar-refractivity contribution is -0.128. The number of benzene rings is 2. The van der Waals surface area contributed by atoms with Crippen molar-refractivity contribution < 1.29 is 14.3 Å². The first-order valence-corrected chi connectivity index (χ1v) is 9.02. The molecule has 1 unspecified atom stereocenters. The summed E-state index contributed by atoms with van der Waals surface area (Å²) in [6.07, 6.45) is 2.82. The smallest absolute Gasteiger partial charge is 0.263 e. The monoisotopic (exact) mass is 376 g/mol. The molecule has 7 heteroatoms. The van der Waals surface area contributed by atoms with Crippen molar-refractivity contribution in [1.82, 2.24) is 15.1 Å². The molecule has 1 aromatic heterocycles. The molecule has 2 amide bonds. The zero-order valence-electron chi connectivity index (χ0n) is 15.4. The first-order chi connectivity index (χ1) is 13.6. The highest BCUT2D eigenvalue weighted by Gasteiger charge is 2.32. The van der Waals surface area contributed by atoms with Crippen LogP contribution in [0.15, 0.2) is 67.0 Å². The van der Waals surface area contributed by atoms with E-state index in [0.717, 1.165) is 11.3 Å². The van der Waals surface area contributed by atoms with Gasteiger partial charge in [0.25, 0.3) is 5.91 Å². The van der Waals surface area contributed by atoms with E-state index in [1.165, 1.54) is 6.92 Å². The van der Waals surface area contributed by atoms with Crippen LogP contribution in [-0.4, -0.2) is 34.2 Å². The van der Waals surface area contributed by atoms with Gasteiger partial charge in [-0.3, -0.25) is 9.59 Å². The predicted octanol–water partition coefficient (Wildman–Crippen LogP) is 2.30. The normalized spacial score (nSPS) is 15.5. The molecule has 0 radical (unpaired) electrons. The number of anilines is 1. The Balaban J connectivity index is 1.42. The lowest BCUT2D eigenvalue weighted by Crippen LogP contribution is -2.50. The Kier molecular flexibility index (Phi) is 4.80. The van der Waals surface area contributed by atoms with E-state index >= 15 is 0 Å². The van der Waals surface area contributed by atoms with Crippen molar-refractivity contribution >= 4 is 17.5 Å². The summed E-state index contributed by atoms with van der Waals surface area (Å²) in [6.45, 7) is 1.99. The van der Waals surface area contributed by atoms with Crippen LogP contribution in [0.25, 0.3) is 5.69 Å². The molecule has 0 fully saturated rings. The molecule has 0 saturated heterocycles. The first-order valence-electron chi connectivity index (χ1n) is 9.02. The number of amides is 2. The number of hydrogen-bond donors (Lipinski definition) is 1. The quantitative estimate of drug-likeness (QED) is 0.758. The second-order valence-electron chi connectivity index (χ2n) is 6.55. The summed E-state index contributed by atoms with van der Waals surface area (Å²) < 4.78 is 7.57. The van der Waals surface area contributed by atoms with Gasteiger partial charge in [0, 0.05) is 25.2 Å². The summed E-state index contributed by atoms with van der Waals surface area (Å²) in [4.78, 5) is 26.2. The Hall–Kier alpha value is -3.61. The van der Waals surface area contributed by atoms with Crippen molar-refractivity contribution in [2.75, 3.05) is 11.4 Å². The van der Waals surface area contributed by atoms with Gasteiger partial charge in [-0.1, -0.05) is 30.3 Å². The Morgan fingerprint density at radius 2 is 1.89 bits per heavy atom. The SMILES string of the molecule is CC(=O)N1CC(C(=O)NCc2cnn(-c3ccccc3)c2)Oc2ccccc21. The highest BCUT2D eigenvalue weighted by molar-refractivity contribution is 5.95. The van der Waals surface area contributed by atoms with Crippen LogP contribution in [0.5, 0.6) is 5.75 Å². The van der Waals surface area contributed by atoms with E-state index in [1.807, 2.05) is 54.7 Å². The summed E-state index contributed by atoms with van der Waals surface area (Å²) >= 11 is 0. The lowest BCUT2D eigenvalue weighted by atomic mass is 10.1. The fourth-order valence-electron chi connectivity index (χ4n) is 3.15. The molecular weight excluding hydrogens is 356 g/mol. The minimum atomic E-state index is -0.761. The Morgan fingerprint density at radius 1 is 1.14 bits per heavy atom. The van der Waals surface area contributed by atoms with Gasteiger partial charge >= 0.3 is 0 Å². The molecule has 142 valence electrons. The molecule has 2 heterocycles. The molecule has 2 aromatic carbocycles. The molecule has 1 atom stereocenters. The number of aromatic nitrogens is 2. The van der Waals surface area contributed by atoms with Gasteiger partial charge < -0.3 is 15.0 Å². The topological polar surface area (TPSA) is 76.5 Å². The average Bonchev–Trinajstić information content (AvgIpc) is 3.21. The molecule has 1 N–H and O–H groups in total. The van der Waals surface area contributed by atoms with E-state index in [-0.39, 0.29) is 18.4 Å². The number of fused-ring (bicyclic) bond motifs is 1. The molecule has 0 saturated carbocycles. The Morgan fingerprint density at radius 3 is 2.68 bits per heavy atom. The number of rotatable bonds is 4. The third-order valence-corrected chi connectivity index (χ3v) is 4.57. The average molecular weight is 376 g/mol. The van der Waals surface area contributed by atoms with Crippen molar-refractivity contribution in [2.24, 2.45) is 0 Å². The minimum absolute atomic E-state index is 0.127. The van der Waals surface area contributed by atoms with Gasteiger partial charge in [0.2, 0.25) is 5.91 Å². The standard InChI is InChI=1S/C21H20N4O3/c1-15(26)24-14-20(28-19-10-6-5-9-18(19)24)21(27)22-11-16-12-23-25(13-16)17-7-3-2-4-8-17/h2-10,12-13,20H,11,14H2,1H3,(H,22,27). The van der Waals surface area contributed by atoms with E-state index < -0.39 is 6.10 Å². The van der Waals surface area contributed by atoms with E-state index in [9.17, 15) is 9.59 Å². The van der Waals surface area contributed by atoms with Crippen LogP contribution in [0.1, 0.15) is 12.5 Å². The molecule has 0 spiro atoms. The summed E-state index contributed by atoms with van der Waals surface area (Å²) in [5.74, 6) is 0.131. The molecule has 3 aromatic rings. The third kappa shape index (κ3) is 3.59. The molecule has 28 heavy (non-hydrogen) atoms. The zero-order valence-corrected chi connectivity index (χ0v) is 15.4. The maximum atomic E-state index is 12.6. The zero-order chi connectivity index (χ0) is 19.5. The summed E-state index contributed by atoms with van der Waals surface area (Å²) in [7, 11) is 0. The van der Waals surface area contributed by atoms with Gasteiger partial charge in [-0.05, 0) is 24.3 Å². The van der Waals surface area contributed by atoms with Crippen molar-refractivity contribution in [3.8, 4) is 11.4 Å². The lowest BCUT2D eigenvalue weighted by Gasteiger charge is -2.33. The predicted molar refractivity (Wildman–Crippen MR) is 104 cm³/mol. The summed E-state index contributed by atoms with van der Waals surface area (Å²) in [6, 6.07) is 17.0. The van der Waals surface area contributed by atoms with Crippen LogP contribution in [0.2, 0.25) is 0 Å². The second-order valence-corrected chi connectivity index (χ2v) is 6.55. The molecule has 1 aliphatic heterocycles. The van der Waals surface area contributed by atoms with E-state index in [0.29, 0.717) is 18.0 Å². The maximum Gasteiger partial charge on any atom is 0.263 e. The van der Waals surface area contributed by atoms with Crippen molar-refractivity contribution in [1.29, 1.82) is 0 Å². The largest absolute Gasteiger partial charge is 0.477 e. The van der Waals surface area contributed by atoms with Gasteiger partial charge in [0.1, 0.15) is 5.75 Å². The van der Waals surface area contributed by atoms with Crippen LogP contribution in [0.4, 0.5) is 5.69 Å². The summed E-state index contributed by atoms with van der Waals surface area (Å²) in [5, 5.41) is 7.19.